The third kappa shape index (κ3) is 4.27. The van der Waals surface area contributed by atoms with Crippen molar-refractivity contribution in [1.29, 1.82) is 0 Å². The van der Waals surface area contributed by atoms with Crippen LogP contribution in [0.4, 0.5) is 5.69 Å². The molecule has 2 heterocycles. The van der Waals surface area contributed by atoms with E-state index in [2.05, 4.69) is 10.3 Å². The third-order valence-electron chi connectivity index (χ3n) is 3.58. The Hall–Kier alpha value is -2.06. The van der Waals surface area contributed by atoms with Crippen molar-refractivity contribution in [2.45, 2.75) is 16.5 Å². The summed E-state index contributed by atoms with van der Waals surface area (Å²) in [6.07, 6.45) is 5.38. The van der Waals surface area contributed by atoms with Crippen LogP contribution >= 0.6 is 11.8 Å². The van der Waals surface area contributed by atoms with Gasteiger partial charge in [0.15, 0.2) is 15.0 Å². The highest BCUT2D eigenvalue weighted by atomic mass is 32.2. The van der Waals surface area contributed by atoms with Crippen LogP contribution in [-0.2, 0) is 21.7 Å². The number of rotatable bonds is 5. The van der Waals surface area contributed by atoms with Gasteiger partial charge in [0.2, 0.25) is 5.91 Å². The van der Waals surface area contributed by atoms with E-state index in [1.807, 2.05) is 42.1 Å². The Morgan fingerprint density at radius 2 is 2.12 bits per heavy atom. The van der Waals surface area contributed by atoms with E-state index in [9.17, 15) is 13.2 Å². The van der Waals surface area contributed by atoms with Crippen LogP contribution in [0.2, 0.25) is 0 Å². The maximum absolute atomic E-state index is 12.0. The maximum Gasteiger partial charge on any atom is 0.224 e. The number of benzene rings is 1. The number of carbonyl (C=O) groups excluding carboxylic acids is 1. The molecule has 1 unspecified atom stereocenters. The molecule has 1 aromatic heterocycles. The number of anilines is 1. The van der Waals surface area contributed by atoms with E-state index in [-0.39, 0.29) is 24.0 Å². The Labute approximate surface area is 144 Å². The van der Waals surface area contributed by atoms with Crippen LogP contribution in [0.15, 0.2) is 58.2 Å². The molecule has 0 aliphatic carbocycles. The van der Waals surface area contributed by atoms with Gasteiger partial charge in [0.05, 0.1) is 5.75 Å². The fraction of sp³-hybridized carbons (Fsp3) is 0.250. The summed E-state index contributed by atoms with van der Waals surface area (Å²) in [4.78, 5) is 17.3. The smallest absolute Gasteiger partial charge is 0.224 e. The fourth-order valence-electron chi connectivity index (χ4n) is 2.38. The largest absolute Gasteiger partial charge is 0.329 e. The number of allylic oxidation sites excluding steroid dienone is 1. The molecule has 0 fully saturated rings. The summed E-state index contributed by atoms with van der Waals surface area (Å²) in [5.41, 5.74) is 0.689. The van der Waals surface area contributed by atoms with Crippen LogP contribution in [-0.4, -0.2) is 29.6 Å². The van der Waals surface area contributed by atoms with Gasteiger partial charge in [0, 0.05) is 47.8 Å². The van der Waals surface area contributed by atoms with Crippen molar-refractivity contribution in [3.8, 4) is 0 Å². The van der Waals surface area contributed by atoms with Gasteiger partial charge in [-0.25, -0.2) is 13.4 Å². The molecule has 0 saturated carbocycles. The molecule has 1 N–H and O–H groups in total. The monoisotopic (exact) mass is 363 g/mol. The van der Waals surface area contributed by atoms with E-state index in [1.54, 1.807) is 12.3 Å². The van der Waals surface area contributed by atoms with Gasteiger partial charge in [-0.15, -0.1) is 0 Å². The van der Waals surface area contributed by atoms with Gasteiger partial charge < -0.3 is 9.88 Å². The molecule has 2 aromatic rings. The van der Waals surface area contributed by atoms with E-state index in [4.69, 9.17) is 0 Å². The SMILES string of the molecule is Cn1ccnc1Sc1ccc(NC(=O)CC2C=CS(=O)(=O)C2)cc1. The molecule has 0 bridgehead atoms. The molecule has 6 nitrogen and oxygen atoms in total. The number of nitrogens with zero attached hydrogens (tertiary/aromatic N) is 2. The Morgan fingerprint density at radius 3 is 2.71 bits per heavy atom. The third-order valence-corrected chi connectivity index (χ3v) is 6.12. The fourth-order valence-corrected chi connectivity index (χ4v) is 4.58. The number of imidazole rings is 1. The number of nitrogens with one attached hydrogen (secondary N) is 1. The zero-order chi connectivity index (χ0) is 17.2. The molecule has 0 saturated heterocycles. The lowest BCUT2D eigenvalue weighted by Crippen LogP contribution is -2.17. The Kier molecular flexibility index (Phi) is 4.77. The summed E-state index contributed by atoms with van der Waals surface area (Å²) >= 11 is 1.54. The highest BCUT2D eigenvalue weighted by molar-refractivity contribution is 7.99. The number of hydrogen-bond acceptors (Lipinski definition) is 5. The lowest BCUT2D eigenvalue weighted by molar-refractivity contribution is -0.116. The zero-order valence-corrected chi connectivity index (χ0v) is 14.7. The number of hydrogen-bond donors (Lipinski definition) is 1. The molecular formula is C16H17N3O3S2. The van der Waals surface area contributed by atoms with Crippen molar-refractivity contribution in [2.24, 2.45) is 13.0 Å². The summed E-state index contributed by atoms with van der Waals surface area (Å²) < 4.78 is 24.6. The van der Waals surface area contributed by atoms with Gasteiger partial charge in [-0.3, -0.25) is 4.79 Å². The molecule has 1 atom stereocenters. The summed E-state index contributed by atoms with van der Waals surface area (Å²) in [5.74, 6) is -0.417. The topological polar surface area (TPSA) is 81.1 Å². The molecule has 24 heavy (non-hydrogen) atoms. The maximum atomic E-state index is 12.0. The first kappa shape index (κ1) is 16.8. The minimum absolute atomic E-state index is 0.0136. The Balaban J connectivity index is 1.55. The molecule has 1 aromatic carbocycles. The summed E-state index contributed by atoms with van der Waals surface area (Å²) in [5, 5.41) is 4.87. The number of aryl methyl sites for hydroxylation is 1. The first-order valence-corrected chi connectivity index (χ1v) is 9.90. The van der Waals surface area contributed by atoms with Crippen molar-refractivity contribution in [3.05, 3.63) is 48.1 Å². The Morgan fingerprint density at radius 1 is 1.38 bits per heavy atom. The van der Waals surface area contributed by atoms with Crippen molar-refractivity contribution in [2.75, 3.05) is 11.1 Å². The number of sulfone groups is 1. The molecule has 0 spiro atoms. The molecule has 126 valence electrons. The molecule has 1 aliphatic heterocycles. The molecular weight excluding hydrogens is 346 g/mol. The number of aromatic nitrogens is 2. The summed E-state index contributed by atoms with van der Waals surface area (Å²) in [7, 11) is -1.19. The lowest BCUT2D eigenvalue weighted by atomic mass is 10.1. The molecule has 3 rings (SSSR count). The molecule has 1 aliphatic rings. The van der Waals surface area contributed by atoms with E-state index < -0.39 is 9.84 Å². The van der Waals surface area contributed by atoms with Crippen LogP contribution in [0.25, 0.3) is 0 Å². The molecule has 1 amide bonds. The van der Waals surface area contributed by atoms with Crippen molar-refractivity contribution < 1.29 is 13.2 Å². The van der Waals surface area contributed by atoms with E-state index in [0.29, 0.717) is 5.69 Å². The average molecular weight is 363 g/mol. The highest BCUT2D eigenvalue weighted by Crippen LogP contribution is 2.27. The van der Waals surface area contributed by atoms with Crippen molar-refractivity contribution in [3.63, 3.8) is 0 Å². The van der Waals surface area contributed by atoms with E-state index >= 15 is 0 Å². The Bertz CT molecular complexity index is 870. The minimum atomic E-state index is -3.12. The zero-order valence-electron chi connectivity index (χ0n) is 13.0. The summed E-state index contributed by atoms with van der Waals surface area (Å²) in [6, 6.07) is 7.47. The van der Waals surface area contributed by atoms with Gasteiger partial charge >= 0.3 is 0 Å². The normalized spacial score (nSPS) is 18.6. The van der Waals surface area contributed by atoms with Crippen LogP contribution in [0.3, 0.4) is 0 Å². The predicted molar refractivity (Wildman–Crippen MR) is 93.4 cm³/mol. The summed E-state index contributed by atoms with van der Waals surface area (Å²) in [6.45, 7) is 0. The van der Waals surface area contributed by atoms with Gasteiger partial charge in [-0.2, -0.15) is 0 Å². The highest BCUT2D eigenvalue weighted by Gasteiger charge is 2.23. The van der Waals surface area contributed by atoms with E-state index in [0.717, 1.165) is 10.1 Å². The van der Waals surface area contributed by atoms with Crippen LogP contribution in [0, 0.1) is 5.92 Å². The van der Waals surface area contributed by atoms with Crippen molar-refractivity contribution in [1.82, 2.24) is 9.55 Å². The van der Waals surface area contributed by atoms with Crippen LogP contribution in [0.1, 0.15) is 6.42 Å². The van der Waals surface area contributed by atoms with Gasteiger partial charge in [0.25, 0.3) is 0 Å². The number of carbonyl (C=O) groups is 1. The molecule has 0 radical (unpaired) electrons. The second-order valence-corrected chi connectivity index (χ2v) is 8.59. The minimum Gasteiger partial charge on any atom is -0.329 e. The van der Waals surface area contributed by atoms with Crippen molar-refractivity contribution >= 4 is 33.2 Å². The number of amides is 1. The lowest BCUT2D eigenvalue weighted by Gasteiger charge is -2.09. The van der Waals surface area contributed by atoms with Gasteiger partial charge in [-0.1, -0.05) is 17.8 Å². The quantitative estimate of drug-likeness (QED) is 0.882. The molecule has 8 heteroatoms. The second-order valence-electron chi connectivity index (χ2n) is 5.62. The van der Waals surface area contributed by atoms with Gasteiger partial charge in [-0.05, 0) is 24.3 Å². The first-order valence-electron chi connectivity index (χ1n) is 7.37. The standard InChI is InChI=1S/C16H17N3O3S2/c1-19-8-7-17-16(19)23-14-4-2-13(3-5-14)18-15(20)10-12-6-9-24(21,22)11-12/h2-9,12H,10-11H2,1H3,(H,18,20). The van der Waals surface area contributed by atoms with E-state index in [1.165, 1.54) is 17.2 Å². The second kappa shape index (κ2) is 6.82. The average Bonchev–Trinajstić information content (AvgIpc) is 3.07. The van der Waals surface area contributed by atoms with Crippen LogP contribution in [0.5, 0.6) is 0 Å². The first-order chi connectivity index (χ1) is 11.4. The van der Waals surface area contributed by atoms with Crippen LogP contribution < -0.4 is 5.32 Å². The van der Waals surface area contributed by atoms with Gasteiger partial charge in [0.1, 0.15) is 0 Å². The predicted octanol–water partition coefficient (Wildman–Crippen LogP) is 2.46.